The van der Waals surface area contributed by atoms with Crippen molar-refractivity contribution in [1.29, 1.82) is 0 Å². The maximum absolute atomic E-state index is 14.2. The number of nitrogens with zero attached hydrogens (tertiary/aromatic N) is 6. The molecule has 1 N–H and O–H groups in total. The first-order valence-electron chi connectivity index (χ1n) is 16.4. The number of rotatable bonds is 12. The lowest BCUT2D eigenvalue weighted by atomic mass is 10.1. The fraction of sp³-hybridized carbons (Fsp3) is 0.243. The van der Waals surface area contributed by atoms with Crippen LogP contribution in [0.25, 0.3) is 11.3 Å². The van der Waals surface area contributed by atoms with Crippen molar-refractivity contribution in [3.05, 3.63) is 131 Å². The molecule has 0 radical (unpaired) electrons. The van der Waals surface area contributed by atoms with E-state index < -0.39 is 17.5 Å². The summed E-state index contributed by atoms with van der Waals surface area (Å²) < 4.78 is 46.6. The number of aromatic nitrogens is 4. The number of ether oxygens (including phenoxy) is 1. The lowest BCUT2D eigenvalue weighted by Crippen LogP contribution is -2.36. The molecule has 14 heteroatoms. The molecule has 1 amide bonds. The van der Waals surface area contributed by atoms with Crippen LogP contribution in [0.1, 0.15) is 46.5 Å². The molecule has 1 atom stereocenters. The average Bonchev–Trinajstić information content (AvgIpc) is 3.93. The number of hydrogen-bond donors (Lipinski definition) is 1. The van der Waals surface area contributed by atoms with Gasteiger partial charge in [0.1, 0.15) is 34.6 Å². The lowest BCUT2D eigenvalue weighted by molar-refractivity contribution is 0.0773. The van der Waals surface area contributed by atoms with Gasteiger partial charge in [-0.1, -0.05) is 34.1 Å². The molecule has 0 spiro atoms. The minimum Gasteiger partial charge on any atom is -0.467 e. The van der Waals surface area contributed by atoms with Gasteiger partial charge in [-0.3, -0.25) is 9.69 Å². The second-order valence-corrected chi connectivity index (χ2v) is 12.8. The summed E-state index contributed by atoms with van der Waals surface area (Å²) in [7, 11) is 1.58. The maximum Gasteiger partial charge on any atom is 0.276 e. The van der Waals surface area contributed by atoms with Gasteiger partial charge in [0.05, 0.1) is 36.6 Å². The summed E-state index contributed by atoms with van der Waals surface area (Å²) in [5.41, 5.74) is 3.24. The molecule has 1 aliphatic rings. The van der Waals surface area contributed by atoms with Gasteiger partial charge in [-0.2, -0.15) is 0 Å². The van der Waals surface area contributed by atoms with Gasteiger partial charge < -0.3 is 23.9 Å². The number of benzene rings is 3. The SMILES string of the molecule is CN(Cc1cc(F)ccc1Oc1ccc(F)c(Cl)c1)C(=O)c1cc(CN2CCCC(n3cc(-c4cccc(NCc5ccco5)c4)nn3)C2)on1. The summed E-state index contributed by atoms with van der Waals surface area (Å²) in [6.07, 6.45) is 5.54. The Labute approximate surface area is 297 Å². The van der Waals surface area contributed by atoms with Crippen LogP contribution in [-0.4, -0.2) is 56.0 Å². The summed E-state index contributed by atoms with van der Waals surface area (Å²) in [5, 5.41) is 16.2. The highest BCUT2D eigenvalue weighted by atomic mass is 35.5. The molecule has 3 aromatic carbocycles. The van der Waals surface area contributed by atoms with Gasteiger partial charge in [-0.05, 0) is 74.0 Å². The molecular formula is C37H34ClF2N7O4. The van der Waals surface area contributed by atoms with Crippen molar-refractivity contribution in [2.75, 3.05) is 25.5 Å². The van der Waals surface area contributed by atoms with Crippen LogP contribution in [-0.2, 0) is 19.6 Å². The van der Waals surface area contributed by atoms with Gasteiger partial charge in [0.2, 0.25) is 0 Å². The molecule has 0 aliphatic carbocycles. The highest BCUT2D eigenvalue weighted by Gasteiger charge is 2.25. The number of carbonyl (C=O) groups excluding carboxylic acids is 1. The Morgan fingerprint density at radius 1 is 1.08 bits per heavy atom. The zero-order valence-corrected chi connectivity index (χ0v) is 28.4. The van der Waals surface area contributed by atoms with E-state index in [1.54, 1.807) is 19.4 Å². The summed E-state index contributed by atoms with van der Waals surface area (Å²) >= 11 is 5.89. The summed E-state index contributed by atoms with van der Waals surface area (Å²) in [6.45, 7) is 2.64. The van der Waals surface area contributed by atoms with Crippen LogP contribution in [0.2, 0.25) is 5.02 Å². The number of likely N-dealkylation sites (tertiary alicyclic amines) is 1. The average molecular weight is 714 g/mol. The van der Waals surface area contributed by atoms with Gasteiger partial charge >= 0.3 is 0 Å². The van der Waals surface area contributed by atoms with Gasteiger partial charge in [-0.25, -0.2) is 13.5 Å². The Hall–Kier alpha value is -5.53. The van der Waals surface area contributed by atoms with Crippen molar-refractivity contribution in [2.45, 2.75) is 38.5 Å². The van der Waals surface area contributed by atoms with Crippen LogP contribution in [0.15, 0.2) is 100 Å². The van der Waals surface area contributed by atoms with Crippen LogP contribution < -0.4 is 10.1 Å². The van der Waals surface area contributed by atoms with E-state index in [-0.39, 0.29) is 29.1 Å². The van der Waals surface area contributed by atoms with Crippen LogP contribution in [0, 0.1) is 11.6 Å². The second kappa shape index (κ2) is 15.2. The molecule has 3 aromatic heterocycles. The number of halogens is 3. The molecule has 7 rings (SSSR count). The van der Waals surface area contributed by atoms with Crippen LogP contribution in [0.5, 0.6) is 11.5 Å². The van der Waals surface area contributed by atoms with Crippen molar-refractivity contribution in [3.63, 3.8) is 0 Å². The van der Waals surface area contributed by atoms with E-state index in [9.17, 15) is 13.6 Å². The Bertz CT molecular complexity index is 2120. The largest absolute Gasteiger partial charge is 0.467 e. The summed E-state index contributed by atoms with van der Waals surface area (Å²) in [5.74, 6) is 0.485. The van der Waals surface area contributed by atoms with Crippen molar-refractivity contribution < 1.29 is 27.3 Å². The van der Waals surface area contributed by atoms with Crippen molar-refractivity contribution in [3.8, 4) is 22.8 Å². The van der Waals surface area contributed by atoms with E-state index >= 15 is 0 Å². The minimum atomic E-state index is -0.585. The first-order chi connectivity index (χ1) is 24.8. The molecule has 1 aliphatic heterocycles. The molecule has 51 heavy (non-hydrogen) atoms. The van der Waals surface area contributed by atoms with Gasteiger partial charge in [0.25, 0.3) is 5.91 Å². The number of piperidine rings is 1. The highest BCUT2D eigenvalue weighted by Crippen LogP contribution is 2.31. The Morgan fingerprint density at radius 3 is 2.82 bits per heavy atom. The molecule has 11 nitrogen and oxygen atoms in total. The fourth-order valence-corrected chi connectivity index (χ4v) is 6.21. The van der Waals surface area contributed by atoms with Gasteiger partial charge in [0, 0.05) is 49.1 Å². The van der Waals surface area contributed by atoms with Crippen molar-refractivity contribution in [1.82, 2.24) is 30.0 Å². The van der Waals surface area contributed by atoms with Gasteiger partial charge in [0.15, 0.2) is 11.5 Å². The fourth-order valence-electron chi connectivity index (χ4n) is 6.04. The quantitative estimate of drug-likeness (QED) is 0.135. The Morgan fingerprint density at radius 2 is 1.98 bits per heavy atom. The predicted molar refractivity (Wildman–Crippen MR) is 185 cm³/mol. The third-order valence-corrected chi connectivity index (χ3v) is 8.91. The van der Waals surface area contributed by atoms with Crippen LogP contribution >= 0.6 is 11.6 Å². The maximum atomic E-state index is 14.2. The first kappa shape index (κ1) is 33.9. The molecule has 262 valence electrons. The third-order valence-electron chi connectivity index (χ3n) is 8.62. The molecule has 1 saturated heterocycles. The van der Waals surface area contributed by atoms with E-state index in [1.165, 1.54) is 41.3 Å². The van der Waals surface area contributed by atoms with Crippen molar-refractivity contribution >= 4 is 23.2 Å². The molecular weight excluding hydrogens is 680 g/mol. The van der Waals surface area contributed by atoms with E-state index in [1.807, 2.05) is 47.3 Å². The topological polar surface area (TPSA) is 115 Å². The number of anilines is 1. The van der Waals surface area contributed by atoms with E-state index in [0.29, 0.717) is 30.2 Å². The van der Waals surface area contributed by atoms with E-state index in [4.69, 9.17) is 25.3 Å². The standard InChI is InChI=1S/C37H34ClF2N7O4/c1-45(20-25-15-26(39)9-12-36(25)50-29-10-11-33(40)32(38)17-29)37(48)34-18-31(51-43-34)22-46-13-3-7-28(21-46)47-23-35(42-44-47)24-5-2-6-27(16-24)41-19-30-8-4-14-49-30/h2,4-6,8-12,14-18,23,28,41H,3,7,13,19-22H2,1H3. The molecule has 1 unspecified atom stereocenters. The van der Waals surface area contributed by atoms with Crippen LogP contribution in [0.4, 0.5) is 14.5 Å². The normalized spacial score (nSPS) is 14.8. The summed E-state index contributed by atoms with van der Waals surface area (Å²) in [6, 6.07) is 21.5. The molecule has 0 bridgehead atoms. The number of carbonyl (C=O) groups is 1. The molecule has 4 heterocycles. The lowest BCUT2D eigenvalue weighted by Gasteiger charge is -2.31. The number of hydrogen-bond acceptors (Lipinski definition) is 9. The van der Waals surface area contributed by atoms with E-state index in [2.05, 4.69) is 25.7 Å². The molecule has 1 fully saturated rings. The Balaban J connectivity index is 0.954. The molecule has 6 aromatic rings. The summed E-state index contributed by atoms with van der Waals surface area (Å²) in [4.78, 5) is 17.0. The number of nitrogens with one attached hydrogen (secondary N) is 1. The third kappa shape index (κ3) is 8.27. The van der Waals surface area contributed by atoms with Gasteiger partial charge in [-0.15, -0.1) is 5.10 Å². The predicted octanol–water partition coefficient (Wildman–Crippen LogP) is 7.97. The Kier molecular flexibility index (Phi) is 10.1. The smallest absolute Gasteiger partial charge is 0.276 e. The number of amides is 1. The van der Waals surface area contributed by atoms with E-state index in [0.717, 1.165) is 48.6 Å². The second-order valence-electron chi connectivity index (χ2n) is 12.4. The number of furan rings is 1. The van der Waals surface area contributed by atoms with Crippen LogP contribution in [0.3, 0.4) is 0 Å². The zero-order valence-electron chi connectivity index (χ0n) is 27.6. The highest BCUT2D eigenvalue weighted by molar-refractivity contribution is 6.30. The minimum absolute atomic E-state index is 0.0164. The molecule has 0 saturated carbocycles. The monoisotopic (exact) mass is 713 g/mol. The van der Waals surface area contributed by atoms with Crippen molar-refractivity contribution in [2.24, 2.45) is 0 Å². The first-order valence-corrected chi connectivity index (χ1v) is 16.8. The zero-order chi connectivity index (χ0) is 35.3.